The number of halogens is 1. The molecule has 21 heavy (non-hydrogen) atoms. The van der Waals surface area contributed by atoms with Crippen molar-refractivity contribution in [2.24, 2.45) is 0 Å². The Hall–Kier alpha value is -2.21. The van der Waals surface area contributed by atoms with Crippen molar-refractivity contribution in [2.75, 3.05) is 6.61 Å². The number of hydrogen-bond acceptors (Lipinski definition) is 2. The Labute approximate surface area is 126 Å². The van der Waals surface area contributed by atoms with Gasteiger partial charge in [-0.2, -0.15) is 0 Å². The highest BCUT2D eigenvalue weighted by Crippen LogP contribution is 2.22. The monoisotopic (exact) mass is 288 g/mol. The van der Waals surface area contributed by atoms with Crippen LogP contribution >= 0.6 is 0 Å². The number of aliphatic hydroxyl groups excluding tert-OH is 1. The molecule has 0 saturated carbocycles. The Morgan fingerprint density at radius 3 is 2.62 bits per heavy atom. The molecule has 0 spiro atoms. The lowest BCUT2D eigenvalue weighted by molar-refractivity contribution is 0.360. The van der Waals surface area contributed by atoms with Crippen molar-refractivity contribution < 1.29 is 14.2 Å². The van der Waals surface area contributed by atoms with E-state index in [9.17, 15) is 4.39 Å². The van der Waals surface area contributed by atoms with Gasteiger partial charge >= 0.3 is 0 Å². The van der Waals surface area contributed by atoms with Crippen LogP contribution in [-0.4, -0.2) is 11.7 Å². The summed E-state index contributed by atoms with van der Waals surface area (Å²) in [6.45, 7) is 6.23. The van der Waals surface area contributed by atoms with Crippen molar-refractivity contribution in [1.82, 2.24) is 0 Å². The molecule has 0 aliphatic heterocycles. The average Bonchev–Trinajstić information content (AvgIpc) is 2.51. The molecule has 1 aromatic carbocycles. The van der Waals surface area contributed by atoms with Crippen LogP contribution in [0.1, 0.15) is 32.3 Å². The van der Waals surface area contributed by atoms with Gasteiger partial charge in [-0.05, 0) is 31.1 Å². The normalized spacial score (nSPS) is 13.4. The number of allylic oxidation sites excluding steroid dienone is 4. The minimum atomic E-state index is -0.588. The summed E-state index contributed by atoms with van der Waals surface area (Å²) in [6.07, 6.45) is 2.15. The van der Waals surface area contributed by atoms with Crippen molar-refractivity contribution in [3.8, 4) is 17.6 Å². The zero-order valence-electron chi connectivity index (χ0n) is 12.7. The quantitative estimate of drug-likeness (QED) is 0.787. The molecule has 1 aromatic rings. The van der Waals surface area contributed by atoms with Crippen molar-refractivity contribution in [1.29, 1.82) is 0 Å². The van der Waals surface area contributed by atoms with E-state index in [0.717, 1.165) is 11.3 Å². The Morgan fingerprint density at radius 1 is 1.24 bits per heavy atom. The number of aliphatic hydroxyl groups is 1. The predicted octanol–water partition coefficient (Wildman–Crippen LogP) is 4.86. The van der Waals surface area contributed by atoms with Crippen molar-refractivity contribution in [2.45, 2.75) is 33.6 Å². The van der Waals surface area contributed by atoms with Crippen LogP contribution in [0.2, 0.25) is 0 Å². The van der Waals surface area contributed by atoms with E-state index in [4.69, 9.17) is 9.84 Å². The summed E-state index contributed by atoms with van der Waals surface area (Å²) in [7, 11) is 0. The third-order valence-corrected chi connectivity index (χ3v) is 2.85. The lowest BCUT2D eigenvalue weighted by Gasteiger charge is -2.07. The molecule has 1 aliphatic carbocycles. The first kappa shape index (κ1) is 16.8. The Morgan fingerprint density at radius 2 is 1.95 bits per heavy atom. The molecule has 0 bridgehead atoms. The summed E-state index contributed by atoms with van der Waals surface area (Å²) in [5.74, 6) is 5.74. The van der Waals surface area contributed by atoms with E-state index in [1.165, 1.54) is 6.08 Å². The van der Waals surface area contributed by atoms with E-state index in [2.05, 4.69) is 11.8 Å². The Kier molecular flexibility index (Phi) is 7.11. The van der Waals surface area contributed by atoms with Gasteiger partial charge in [0, 0.05) is 12.0 Å². The summed E-state index contributed by atoms with van der Waals surface area (Å²) in [5.41, 5.74) is 1.74. The van der Waals surface area contributed by atoms with Crippen molar-refractivity contribution >= 4 is 0 Å². The molecular formula is C18H21FO2. The molecule has 1 N–H and O–H groups in total. The van der Waals surface area contributed by atoms with Crippen LogP contribution in [-0.2, 0) is 0 Å². The molecular weight excluding hydrogens is 267 g/mol. The highest BCUT2D eigenvalue weighted by Gasteiger charge is 2.10. The van der Waals surface area contributed by atoms with Crippen LogP contribution in [0.15, 0.2) is 47.5 Å². The molecule has 1 aliphatic rings. The minimum Gasteiger partial charge on any atom is -0.509 e. The third-order valence-electron chi connectivity index (χ3n) is 2.85. The van der Waals surface area contributed by atoms with E-state index in [1.807, 2.05) is 45.0 Å². The van der Waals surface area contributed by atoms with E-state index in [1.54, 1.807) is 0 Å². The van der Waals surface area contributed by atoms with Gasteiger partial charge in [-0.1, -0.05) is 43.9 Å². The predicted molar refractivity (Wildman–Crippen MR) is 83.9 cm³/mol. The number of ether oxygens (including phenoxy) is 1. The second kappa shape index (κ2) is 8.86. The van der Waals surface area contributed by atoms with Gasteiger partial charge in [-0.15, -0.1) is 0 Å². The second-order valence-corrected chi connectivity index (χ2v) is 4.32. The van der Waals surface area contributed by atoms with Gasteiger partial charge < -0.3 is 9.84 Å². The molecule has 112 valence electrons. The van der Waals surface area contributed by atoms with E-state index in [-0.39, 0.29) is 12.4 Å². The van der Waals surface area contributed by atoms with Gasteiger partial charge in [0.2, 0.25) is 0 Å². The standard InChI is InChI=1S/C16H15FO2.C2H6/c1-12-5-2-3-7-16(12)19-10-4-6-13-8-9-15(18)14(17)11-13;1-2/h2-3,5,7,11,18H,8-10H2,1H3;1-2H3. The first-order valence-electron chi connectivity index (χ1n) is 7.12. The number of para-hydroxylation sites is 1. The fraction of sp³-hybridized carbons (Fsp3) is 0.333. The molecule has 0 fully saturated rings. The lowest BCUT2D eigenvalue weighted by Crippen LogP contribution is -1.97. The molecule has 0 heterocycles. The smallest absolute Gasteiger partial charge is 0.161 e. The summed E-state index contributed by atoms with van der Waals surface area (Å²) < 4.78 is 18.6. The molecule has 0 amide bonds. The number of benzene rings is 1. The Bertz CT molecular complexity index is 589. The summed E-state index contributed by atoms with van der Waals surface area (Å²) >= 11 is 0. The maximum Gasteiger partial charge on any atom is 0.161 e. The van der Waals surface area contributed by atoms with Gasteiger partial charge in [-0.3, -0.25) is 0 Å². The van der Waals surface area contributed by atoms with Crippen LogP contribution in [0, 0.1) is 18.8 Å². The van der Waals surface area contributed by atoms with E-state index < -0.39 is 5.83 Å². The molecule has 2 rings (SSSR count). The lowest BCUT2D eigenvalue weighted by atomic mass is 10.0. The Balaban J connectivity index is 0.00000106. The first-order valence-corrected chi connectivity index (χ1v) is 7.12. The molecule has 0 radical (unpaired) electrons. The van der Waals surface area contributed by atoms with Gasteiger partial charge in [0.15, 0.2) is 5.83 Å². The summed E-state index contributed by atoms with van der Waals surface area (Å²) in [5, 5.41) is 9.13. The largest absolute Gasteiger partial charge is 0.509 e. The summed E-state index contributed by atoms with van der Waals surface area (Å²) in [6, 6.07) is 7.71. The summed E-state index contributed by atoms with van der Waals surface area (Å²) in [4.78, 5) is 0. The topological polar surface area (TPSA) is 29.5 Å². The van der Waals surface area contributed by atoms with E-state index >= 15 is 0 Å². The van der Waals surface area contributed by atoms with Crippen molar-refractivity contribution in [3.63, 3.8) is 0 Å². The average molecular weight is 288 g/mol. The van der Waals surface area contributed by atoms with Crippen LogP contribution in [0.25, 0.3) is 0 Å². The fourth-order valence-corrected chi connectivity index (χ4v) is 1.76. The highest BCUT2D eigenvalue weighted by atomic mass is 19.1. The highest BCUT2D eigenvalue weighted by molar-refractivity contribution is 5.38. The maximum absolute atomic E-state index is 13.1. The van der Waals surface area contributed by atoms with Gasteiger partial charge in [0.05, 0.1) is 0 Å². The van der Waals surface area contributed by atoms with Crippen molar-refractivity contribution in [3.05, 3.63) is 53.1 Å². The van der Waals surface area contributed by atoms with Crippen LogP contribution in [0.3, 0.4) is 0 Å². The second-order valence-electron chi connectivity index (χ2n) is 4.32. The number of aryl methyl sites for hydroxylation is 1. The van der Waals surface area contributed by atoms with Crippen LogP contribution < -0.4 is 4.74 Å². The zero-order valence-corrected chi connectivity index (χ0v) is 12.7. The number of rotatable bonds is 2. The third kappa shape index (κ3) is 5.35. The molecule has 3 heteroatoms. The number of hydrogen-bond donors (Lipinski definition) is 1. The molecule has 0 unspecified atom stereocenters. The van der Waals surface area contributed by atoms with Gasteiger partial charge in [-0.25, -0.2) is 4.39 Å². The van der Waals surface area contributed by atoms with E-state index in [0.29, 0.717) is 18.4 Å². The van der Waals surface area contributed by atoms with Crippen LogP contribution in [0.4, 0.5) is 4.39 Å². The first-order chi connectivity index (χ1) is 10.2. The zero-order chi connectivity index (χ0) is 15.7. The maximum atomic E-state index is 13.1. The fourth-order valence-electron chi connectivity index (χ4n) is 1.76. The van der Waals surface area contributed by atoms with Crippen LogP contribution in [0.5, 0.6) is 5.75 Å². The molecule has 0 aromatic heterocycles. The van der Waals surface area contributed by atoms with Gasteiger partial charge in [0.1, 0.15) is 18.1 Å². The molecule has 2 nitrogen and oxygen atoms in total. The van der Waals surface area contributed by atoms with Gasteiger partial charge in [0.25, 0.3) is 0 Å². The minimum absolute atomic E-state index is 0.193. The SMILES string of the molecule is CC.Cc1ccccc1OCC#CC1=CC(F)=C(O)CC1. The molecule has 0 saturated heterocycles. The molecule has 0 atom stereocenters.